The molecule has 1 amide bonds. The molecule has 26 heavy (non-hydrogen) atoms. The molecule has 4 nitrogen and oxygen atoms in total. The zero-order chi connectivity index (χ0) is 18.5. The highest BCUT2D eigenvalue weighted by Gasteiger charge is 2.25. The van der Waals surface area contributed by atoms with Gasteiger partial charge in [0.05, 0.1) is 18.2 Å². The number of rotatable bonds is 4. The van der Waals surface area contributed by atoms with Crippen LogP contribution in [0.5, 0.6) is 5.75 Å². The fourth-order valence-corrected chi connectivity index (χ4v) is 3.09. The molecule has 0 aromatic heterocycles. The van der Waals surface area contributed by atoms with Crippen LogP contribution in [0.1, 0.15) is 28.8 Å². The van der Waals surface area contributed by atoms with Gasteiger partial charge in [-0.1, -0.05) is 0 Å². The number of carbonyl (C=O) groups excluding carboxylic acids is 1. The maximum Gasteiger partial charge on any atom is 0.254 e. The Morgan fingerprint density at radius 1 is 1.19 bits per heavy atom. The number of likely N-dealkylation sites (tertiary alicyclic amines) is 1. The highest BCUT2D eigenvalue weighted by atomic mass is 19.1. The van der Waals surface area contributed by atoms with Crippen LogP contribution in [-0.4, -0.2) is 30.5 Å². The van der Waals surface area contributed by atoms with Crippen molar-refractivity contribution in [1.29, 1.82) is 5.26 Å². The van der Waals surface area contributed by atoms with Crippen LogP contribution in [0.2, 0.25) is 0 Å². The van der Waals surface area contributed by atoms with E-state index in [2.05, 4.69) is 0 Å². The molecule has 0 N–H and O–H groups in total. The van der Waals surface area contributed by atoms with E-state index >= 15 is 0 Å². The Morgan fingerprint density at radius 2 is 1.96 bits per heavy atom. The van der Waals surface area contributed by atoms with E-state index in [4.69, 9.17) is 10.00 Å². The minimum atomic E-state index is -0.597. The number of hydrogen-bond acceptors (Lipinski definition) is 3. The number of nitriles is 1. The molecule has 0 aliphatic carbocycles. The lowest BCUT2D eigenvalue weighted by atomic mass is 9.98. The van der Waals surface area contributed by atoms with Gasteiger partial charge in [-0.05, 0) is 55.3 Å². The molecule has 1 aliphatic rings. The summed E-state index contributed by atoms with van der Waals surface area (Å²) in [6.07, 6.45) is 1.74. The molecule has 134 valence electrons. The summed E-state index contributed by atoms with van der Waals surface area (Å²) in [5.41, 5.74) is 0.309. The van der Waals surface area contributed by atoms with Crippen molar-refractivity contribution in [2.75, 3.05) is 19.7 Å². The maximum atomic E-state index is 13.6. The van der Waals surface area contributed by atoms with Crippen LogP contribution in [0.3, 0.4) is 0 Å². The van der Waals surface area contributed by atoms with Crippen molar-refractivity contribution in [1.82, 2.24) is 4.90 Å². The summed E-state index contributed by atoms with van der Waals surface area (Å²) in [6.45, 7) is 1.50. The van der Waals surface area contributed by atoms with Crippen molar-refractivity contribution >= 4 is 5.91 Å². The molecule has 1 heterocycles. The van der Waals surface area contributed by atoms with E-state index in [-0.39, 0.29) is 28.8 Å². The summed E-state index contributed by atoms with van der Waals surface area (Å²) >= 11 is 0. The zero-order valence-corrected chi connectivity index (χ0v) is 14.1. The minimum Gasteiger partial charge on any atom is -0.493 e. The van der Waals surface area contributed by atoms with Gasteiger partial charge in [0, 0.05) is 24.6 Å². The third-order valence-electron chi connectivity index (χ3n) is 4.38. The molecule has 0 saturated carbocycles. The normalized spacial score (nSPS) is 16.8. The number of carbonyl (C=O) groups is 1. The van der Waals surface area contributed by atoms with Gasteiger partial charge in [-0.15, -0.1) is 0 Å². The van der Waals surface area contributed by atoms with Crippen molar-refractivity contribution in [2.45, 2.75) is 12.8 Å². The number of ether oxygens (including phenoxy) is 1. The Bertz CT molecular complexity index is 831. The van der Waals surface area contributed by atoms with E-state index in [9.17, 15) is 13.6 Å². The number of piperidine rings is 1. The smallest absolute Gasteiger partial charge is 0.254 e. The Morgan fingerprint density at radius 3 is 2.69 bits per heavy atom. The number of hydrogen-bond donors (Lipinski definition) is 0. The minimum absolute atomic E-state index is 0.126. The summed E-state index contributed by atoms with van der Waals surface area (Å²) in [6, 6.07) is 11.3. The summed E-state index contributed by atoms with van der Waals surface area (Å²) < 4.78 is 32.2. The molecule has 0 spiro atoms. The molecule has 0 bridgehead atoms. The lowest BCUT2D eigenvalue weighted by Crippen LogP contribution is -2.41. The fourth-order valence-electron chi connectivity index (χ4n) is 3.09. The summed E-state index contributed by atoms with van der Waals surface area (Å²) in [5, 5.41) is 8.93. The first-order chi connectivity index (χ1) is 12.5. The quantitative estimate of drug-likeness (QED) is 0.838. The van der Waals surface area contributed by atoms with Crippen LogP contribution in [0.4, 0.5) is 8.78 Å². The van der Waals surface area contributed by atoms with E-state index in [1.54, 1.807) is 17.0 Å². The molecule has 1 aliphatic heterocycles. The molecule has 6 heteroatoms. The molecular formula is C20H18F2N2O2. The number of halogens is 2. The third-order valence-corrected chi connectivity index (χ3v) is 4.38. The van der Waals surface area contributed by atoms with Crippen molar-refractivity contribution in [2.24, 2.45) is 5.92 Å². The van der Waals surface area contributed by atoms with Crippen LogP contribution in [0.25, 0.3) is 0 Å². The summed E-state index contributed by atoms with van der Waals surface area (Å²) in [4.78, 5) is 14.3. The predicted octanol–water partition coefficient (Wildman–Crippen LogP) is 3.77. The van der Waals surface area contributed by atoms with E-state index < -0.39 is 5.82 Å². The van der Waals surface area contributed by atoms with Gasteiger partial charge in [0.25, 0.3) is 5.91 Å². The maximum absolute atomic E-state index is 13.6. The van der Waals surface area contributed by atoms with Gasteiger partial charge in [-0.25, -0.2) is 8.78 Å². The predicted molar refractivity (Wildman–Crippen MR) is 91.6 cm³/mol. The molecule has 2 aromatic rings. The number of nitrogens with zero attached hydrogens (tertiary/aromatic N) is 2. The Kier molecular flexibility index (Phi) is 5.47. The molecule has 1 atom stereocenters. The van der Waals surface area contributed by atoms with Crippen LogP contribution < -0.4 is 4.74 Å². The van der Waals surface area contributed by atoms with Crippen LogP contribution in [0, 0.1) is 28.9 Å². The van der Waals surface area contributed by atoms with Gasteiger partial charge in [-0.2, -0.15) is 5.26 Å². The Labute approximate surface area is 150 Å². The first-order valence-electron chi connectivity index (χ1n) is 8.43. The van der Waals surface area contributed by atoms with E-state index in [0.29, 0.717) is 25.4 Å². The van der Waals surface area contributed by atoms with E-state index in [1.807, 2.05) is 6.07 Å². The summed E-state index contributed by atoms with van der Waals surface area (Å²) in [7, 11) is 0. The van der Waals surface area contributed by atoms with Gasteiger partial charge in [0.15, 0.2) is 0 Å². The average molecular weight is 356 g/mol. The second-order valence-electron chi connectivity index (χ2n) is 6.36. The molecule has 1 fully saturated rings. The van der Waals surface area contributed by atoms with Crippen LogP contribution in [0.15, 0.2) is 42.5 Å². The molecule has 0 unspecified atom stereocenters. The van der Waals surface area contributed by atoms with Gasteiger partial charge in [-0.3, -0.25) is 4.79 Å². The Hall–Kier alpha value is -2.94. The topological polar surface area (TPSA) is 53.3 Å². The first-order valence-corrected chi connectivity index (χ1v) is 8.43. The molecule has 0 radical (unpaired) electrons. The molecule has 1 saturated heterocycles. The second-order valence-corrected chi connectivity index (χ2v) is 6.36. The lowest BCUT2D eigenvalue weighted by Gasteiger charge is -2.32. The average Bonchev–Trinajstić information content (AvgIpc) is 2.66. The van der Waals surface area contributed by atoms with Gasteiger partial charge < -0.3 is 9.64 Å². The largest absolute Gasteiger partial charge is 0.493 e. The molecule has 3 rings (SSSR count). The van der Waals surface area contributed by atoms with Gasteiger partial charge in [0.2, 0.25) is 0 Å². The highest BCUT2D eigenvalue weighted by Crippen LogP contribution is 2.21. The Balaban J connectivity index is 1.62. The zero-order valence-electron chi connectivity index (χ0n) is 14.1. The third kappa shape index (κ3) is 4.37. The molecule has 2 aromatic carbocycles. The second kappa shape index (κ2) is 7.96. The van der Waals surface area contributed by atoms with Crippen molar-refractivity contribution < 1.29 is 18.3 Å². The monoisotopic (exact) mass is 356 g/mol. The van der Waals surface area contributed by atoms with Crippen molar-refractivity contribution in [3.63, 3.8) is 0 Å². The fraction of sp³-hybridized carbons (Fsp3) is 0.300. The molecular weight excluding hydrogens is 338 g/mol. The van der Waals surface area contributed by atoms with Gasteiger partial charge in [0.1, 0.15) is 17.4 Å². The SMILES string of the molecule is N#Cc1cc(F)cc(C(=O)N2CCC[C@H](COc3ccc(F)cc3)C2)c1. The number of amides is 1. The van der Waals surface area contributed by atoms with E-state index in [1.165, 1.54) is 18.2 Å². The summed E-state index contributed by atoms with van der Waals surface area (Å²) in [5.74, 6) is -0.480. The van der Waals surface area contributed by atoms with Crippen molar-refractivity contribution in [3.05, 3.63) is 65.2 Å². The van der Waals surface area contributed by atoms with Crippen LogP contribution >= 0.6 is 0 Å². The van der Waals surface area contributed by atoms with Crippen molar-refractivity contribution in [3.8, 4) is 11.8 Å². The lowest BCUT2D eigenvalue weighted by molar-refractivity contribution is 0.0633. The van der Waals surface area contributed by atoms with E-state index in [0.717, 1.165) is 25.0 Å². The van der Waals surface area contributed by atoms with Crippen LogP contribution in [-0.2, 0) is 0 Å². The standard InChI is InChI=1S/C20H18F2N2O2/c21-17-3-5-19(6-4-17)26-13-14-2-1-7-24(12-14)20(25)16-8-15(11-23)9-18(22)10-16/h3-6,8-10,14H,1-2,7,12-13H2/t14-/m0/s1. The van der Waals surface area contributed by atoms with Gasteiger partial charge >= 0.3 is 0 Å². The number of benzene rings is 2. The highest BCUT2D eigenvalue weighted by molar-refractivity contribution is 5.94. The first kappa shape index (κ1) is 17.9.